The van der Waals surface area contributed by atoms with Gasteiger partial charge >= 0.3 is 0 Å². The standard InChI is InChI=1S/C18H17F2N5O2/c1-18(15(20)9-27-17(22)25-18)12-6-11(3-4-13(12)19)24-16(26)14-5-2-10(7-21)8-23-14/h2-6,8,15,17,25H,9,22H2,1H3,(H,24,26)/t15-,17?,18+/m0/s1. The van der Waals surface area contributed by atoms with Gasteiger partial charge in [-0.05, 0) is 37.3 Å². The first kappa shape index (κ1) is 18.8. The molecule has 0 aliphatic carbocycles. The molecule has 9 heteroatoms. The van der Waals surface area contributed by atoms with Gasteiger partial charge in [0.1, 0.15) is 23.8 Å². The number of rotatable bonds is 3. The molecule has 2 heterocycles. The van der Waals surface area contributed by atoms with Crippen molar-refractivity contribution in [2.24, 2.45) is 5.73 Å². The Morgan fingerprint density at radius 1 is 1.48 bits per heavy atom. The molecule has 1 amide bonds. The number of nitrogens with zero attached hydrogens (tertiary/aromatic N) is 2. The molecule has 0 spiro atoms. The van der Waals surface area contributed by atoms with Gasteiger partial charge in [0.25, 0.3) is 5.91 Å². The van der Waals surface area contributed by atoms with Gasteiger partial charge in [0.2, 0.25) is 0 Å². The number of anilines is 1. The second-order valence-electron chi connectivity index (χ2n) is 6.26. The van der Waals surface area contributed by atoms with Gasteiger partial charge in [0, 0.05) is 17.4 Å². The Morgan fingerprint density at radius 2 is 2.26 bits per heavy atom. The zero-order chi connectivity index (χ0) is 19.6. The number of alkyl halides is 1. The van der Waals surface area contributed by atoms with Gasteiger partial charge in [0.05, 0.1) is 17.7 Å². The lowest BCUT2D eigenvalue weighted by atomic mass is 9.85. The van der Waals surface area contributed by atoms with Gasteiger partial charge in [-0.1, -0.05) is 0 Å². The van der Waals surface area contributed by atoms with E-state index < -0.39 is 29.8 Å². The SMILES string of the molecule is C[C@]1(c2cc(NC(=O)c3ccc(C#N)cn3)ccc2F)NC(N)OC[C@@H]1F. The Kier molecular flexibility index (Phi) is 5.14. The third-order valence-electron chi connectivity index (χ3n) is 4.40. The molecule has 27 heavy (non-hydrogen) atoms. The molecule has 2 aromatic rings. The molecule has 0 saturated carbocycles. The van der Waals surface area contributed by atoms with Crippen molar-refractivity contribution < 1.29 is 18.3 Å². The molecule has 1 aliphatic rings. The number of benzene rings is 1. The molecular weight excluding hydrogens is 356 g/mol. The summed E-state index contributed by atoms with van der Waals surface area (Å²) < 4.78 is 33.9. The minimum absolute atomic E-state index is 0.0133. The fourth-order valence-corrected chi connectivity index (χ4v) is 2.82. The first-order valence-electron chi connectivity index (χ1n) is 8.10. The van der Waals surface area contributed by atoms with Crippen LogP contribution in [0.3, 0.4) is 0 Å². The van der Waals surface area contributed by atoms with Crippen LogP contribution in [0.25, 0.3) is 0 Å². The van der Waals surface area contributed by atoms with E-state index >= 15 is 0 Å². The number of hydrogen-bond acceptors (Lipinski definition) is 6. The van der Waals surface area contributed by atoms with Crippen molar-refractivity contribution in [3.05, 3.63) is 59.2 Å². The Morgan fingerprint density at radius 3 is 2.93 bits per heavy atom. The Bertz CT molecular complexity index is 900. The summed E-state index contributed by atoms with van der Waals surface area (Å²) in [5.74, 6) is -1.19. The summed E-state index contributed by atoms with van der Waals surface area (Å²) in [7, 11) is 0. The molecule has 1 aromatic heterocycles. The fourth-order valence-electron chi connectivity index (χ4n) is 2.82. The van der Waals surface area contributed by atoms with Crippen LogP contribution in [-0.4, -0.2) is 30.0 Å². The molecule has 1 aromatic carbocycles. The number of aromatic nitrogens is 1. The van der Waals surface area contributed by atoms with E-state index in [1.54, 1.807) is 0 Å². The molecule has 7 nitrogen and oxygen atoms in total. The zero-order valence-electron chi connectivity index (χ0n) is 14.4. The molecule has 3 atom stereocenters. The van der Waals surface area contributed by atoms with Crippen LogP contribution in [-0.2, 0) is 10.3 Å². The van der Waals surface area contributed by atoms with Crippen molar-refractivity contribution in [1.82, 2.24) is 10.3 Å². The van der Waals surface area contributed by atoms with Crippen molar-refractivity contribution in [2.75, 3.05) is 11.9 Å². The number of ether oxygens (including phenoxy) is 1. The highest BCUT2D eigenvalue weighted by Gasteiger charge is 2.43. The highest BCUT2D eigenvalue weighted by Crippen LogP contribution is 2.33. The lowest BCUT2D eigenvalue weighted by Crippen LogP contribution is -2.62. The van der Waals surface area contributed by atoms with E-state index in [9.17, 15) is 13.6 Å². The first-order chi connectivity index (χ1) is 12.8. The second kappa shape index (κ2) is 7.36. The van der Waals surface area contributed by atoms with Gasteiger partial charge in [-0.2, -0.15) is 5.26 Å². The molecule has 140 valence electrons. The topological polar surface area (TPSA) is 113 Å². The summed E-state index contributed by atoms with van der Waals surface area (Å²) in [5, 5.41) is 14.1. The van der Waals surface area contributed by atoms with Gasteiger partial charge in [-0.15, -0.1) is 0 Å². The number of nitrogens with two attached hydrogens (primary N) is 1. The molecule has 1 fully saturated rings. The number of carbonyl (C=O) groups excluding carboxylic acids is 1. The van der Waals surface area contributed by atoms with Crippen molar-refractivity contribution in [2.45, 2.75) is 25.0 Å². The number of carbonyl (C=O) groups is 1. The monoisotopic (exact) mass is 373 g/mol. The minimum Gasteiger partial charge on any atom is -0.347 e. The van der Waals surface area contributed by atoms with E-state index in [-0.39, 0.29) is 23.6 Å². The number of amides is 1. The maximum atomic E-state index is 14.5. The summed E-state index contributed by atoms with van der Waals surface area (Å²) in [6.45, 7) is 1.20. The summed E-state index contributed by atoms with van der Waals surface area (Å²) >= 11 is 0. The number of nitrogens with one attached hydrogen (secondary N) is 2. The maximum absolute atomic E-state index is 14.5. The van der Waals surface area contributed by atoms with Crippen LogP contribution in [0.4, 0.5) is 14.5 Å². The second-order valence-corrected chi connectivity index (χ2v) is 6.26. The summed E-state index contributed by atoms with van der Waals surface area (Å²) in [6, 6.07) is 8.60. The molecule has 4 N–H and O–H groups in total. The smallest absolute Gasteiger partial charge is 0.274 e. The number of hydrogen-bond donors (Lipinski definition) is 3. The van der Waals surface area contributed by atoms with Crippen LogP contribution in [0.5, 0.6) is 0 Å². The lowest BCUT2D eigenvalue weighted by Gasteiger charge is -2.41. The predicted octanol–water partition coefficient (Wildman–Crippen LogP) is 1.76. The van der Waals surface area contributed by atoms with Crippen LogP contribution in [0, 0.1) is 17.1 Å². The molecule has 1 saturated heterocycles. The number of pyridine rings is 1. The molecular formula is C18H17F2N5O2. The zero-order valence-corrected chi connectivity index (χ0v) is 14.4. The van der Waals surface area contributed by atoms with Crippen molar-refractivity contribution in [3.8, 4) is 6.07 Å². The molecule has 0 radical (unpaired) electrons. The van der Waals surface area contributed by atoms with E-state index in [1.807, 2.05) is 6.07 Å². The molecule has 1 unspecified atom stereocenters. The van der Waals surface area contributed by atoms with Gasteiger partial charge < -0.3 is 10.1 Å². The van der Waals surface area contributed by atoms with E-state index in [1.165, 1.54) is 37.4 Å². The molecule has 3 rings (SSSR count). The minimum atomic E-state index is -1.54. The summed E-state index contributed by atoms with van der Waals surface area (Å²) in [5.41, 5.74) is 4.91. The van der Waals surface area contributed by atoms with Gasteiger partial charge in [-0.25, -0.2) is 13.8 Å². The largest absolute Gasteiger partial charge is 0.347 e. The van der Waals surface area contributed by atoms with E-state index in [0.29, 0.717) is 5.56 Å². The van der Waals surface area contributed by atoms with Crippen molar-refractivity contribution in [3.63, 3.8) is 0 Å². The third kappa shape index (κ3) is 3.78. The van der Waals surface area contributed by atoms with Crippen LogP contribution in [0.1, 0.15) is 28.5 Å². The Hall–Kier alpha value is -2.93. The maximum Gasteiger partial charge on any atom is 0.274 e. The highest BCUT2D eigenvalue weighted by molar-refractivity contribution is 6.02. The van der Waals surface area contributed by atoms with E-state index in [2.05, 4.69) is 15.6 Å². The van der Waals surface area contributed by atoms with E-state index in [0.717, 1.165) is 6.07 Å². The van der Waals surface area contributed by atoms with Gasteiger partial charge in [-0.3, -0.25) is 15.8 Å². The lowest BCUT2D eigenvalue weighted by molar-refractivity contribution is -0.0910. The highest BCUT2D eigenvalue weighted by atomic mass is 19.1. The van der Waals surface area contributed by atoms with E-state index in [4.69, 9.17) is 15.7 Å². The van der Waals surface area contributed by atoms with Crippen molar-refractivity contribution in [1.29, 1.82) is 5.26 Å². The molecule has 1 aliphatic heterocycles. The Balaban J connectivity index is 1.86. The average molecular weight is 373 g/mol. The average Bonchev–Trinajstić information content (AvgIpc) is 2.66. The van der Waals surface area contributed by atoms with Crippen LogP contribution >= 0.6 is 0 Å². The summed E-state index contributed by atoms with van der Waals surface area (Å²) in [6.07, 6.45) is -1.21. The predicted molar refractivity (Wildman–Crippen MR) is 92.6 cm³/mol. The van der Waals surface area contributed by atoms with Gasteiger partial charge in [0.15, 0.2) is 6.35 Å². The number of nitriles is 1. The quantitative estimate of drug-likeness (QED) is 0.756. The fraction of sp³-hybridized carbons (Fsp3) is 0.278. The van der Waals surface area contributed by atoms with Crippen LogP contribution in [0.2, 0.25) is 0 Å². The third-order valence-corrected chi connectivity index (χ3v) is 4.40. The molecule has 0 bridgehead atoms. The van der Waals surface area contributed by atoms with Crippen LogP contribution in [0.15, 0.2) is 36.5 Å². The number of halogens is 2. The Labute approximate surface area is 154 Å². The normalized spacial score (nSPS) is 24.9. The summed E-state index contributed by atoms with van der Waals surface area (Å²) in [4.78, 5) is 16.2. The van der Waals surface area contributed by atoms with Crippen molar-refractivity contribution >= 4 is 11.6 Å². The van der Waals surface area contributed by atoms with Crippen LogP contribution < -0.4 is 16.4 Å². The first-order valence-corrected chi connectivity index (χ1v) is 8.10.